The number of methoxy groups -OCH3 is 1. The number of hydrogen-bond donors (Lipinski definition) is 2. The van der Waals surface area contributed by atoms with Crippen molar-refractivity contribution in [2.45, 2.75) is 50.1 Å². The number of hydrogen-bond acceptors (Lipinski definition) is 6. The summed E-state index contributed by atoms with van der Waals surface area (Å²) in [6, 6.07) is 11.7. The lowest BCUT2D eigenvalue weighted by atomic mass is 9.96. The quantitative estimate of drug-likeness (QED) is 0.513. The smallest absolute Gasteiger partial charge is 0.271 e. The number of benzene rings is 1. The molecule has 3 aromatic rings. The molecule has 2 N–H and O–H groups in total. The number of carbonyl (C=O) groups is 3. The van der Waals surface area contributed by atoms with E-state index in [1.54, 1.807) is 30.5 Å². The molecule has 5 rings (SSSR count). The fraction of sp³-hybridized carbons (Fsp3) is 0.393. The summed E-state index contributed by atoms with van der Waals surface area (Å²) in [6.07, 6.45) is 6.22. The number of pyridine rings is 1. The summed E-state index contributed by atoms with van der Waals surface area (Å²) in [5.74, 6) is -0.128. The van der Waals surface area contributed by atoms with Gasteiger partial charge >= 0.3 is 0 Å². The van der Waals surface area contributed by atoms with Crippen molar-refractivity contribution in [1.29, 1.82) is 5.26 Å². The van der Waals surface area contributed by atoms with E-state index in [4.69, 9.17) is 4.74 Å². The van der Waals surface area contributed by atoms with E-state index in [9.17, 15) is 19.6 Å². The molecule has 1 aromatic carbocycles. The molecule has 0 bridgehead atoms. The zero-order valence-corrected chi connectivity index (χ0v) is 20.6. The average Bonchev–Trinajstić information content (AvgIpc) is 3.66. The van der Waals surface area contributed by atoms with Crippen LogP contribution < -0.4 is 10.1 Å². The Morgan fingerprint density at radius 3 is 2.81 bits per heavy atom. The maximum atomic E-state index is 13.7. The van der Waals surface area contributed by atoms with Gasteiger partial charge < -0.3 is 19.9 Å². The number of nitriles is 1. The summed E-state index contributed by atoms with van der Waals surface area (Å²) < 4.78 is 5.43. The van der Waals surface area contributed by atoms with E-state index in [1.807, 2.05) is 30.3 Å². The van der Waals surface area contributed by atoms with Crippen LogP contribution in [-0.2, 0) is 9.59 Å². The highest BCUT2D eigenvalue weighted by Gasteiger charge is 2.41. The van der Waals surface area contributed by atoms with Gasteiger partial charge in [0.25, 0.3) is 5.91 Å². The Bertz CT molecular complexity index is 1360. The lowest BCUT2D eigenvalue weighted by molar-refractivity contribution is -0.126. The Labute approximate surface area is 214 Å². The lowest BCUT2D eigenvalue weighted by Crippen LogP contribution is -2.49. The van der Waals surface area contributed by atoms with Crippen LogP contribution in [0.25, 0.3) is 10.9 Å². The number of aromatic amines is 1. The Hall–Kier alpha value is -4.19. The first-order valence-corrected chi connectivity index (χ1v) is 12.6. The number of Topliss-reactive ketones (excluding diaryl/α,β-unsaturated/α-hetero) is 1. The predicted octanol–water partition coefficient (Wildman–Crippen LogP) is 3.34. The van der Waals surface area contributed by atoms with Gasteiger partial charge in [0.1, 0.15) is 29.3 Å². The highest BCUT2D eigenvalue weighted by Crippen LogP contribution is 2.34. The Morgan fingerprint density at radius 2 is 2.11 bits per heavy atom. The van der Waals surface area contributed by atoms with Gasteiger partial charge in [-0.3, -0.25) is 19.4 Å². The first kappa shape index (κ1) is 24.5. The number of ether oxygens (including phenoxy) is 1. The van der Waals surface area contributed by atoms with Gasteiger partial charge in [-0.1, -0.05) is 6.07 Å². The zero-order chi connectivity index (χ0) is 25.9. The van der Waals surface area contributed by atoms with Crippen LogP contribution in [0.2, 0.25) is 0 Å². The van der Waals surface area contributed by atoms with E-state index in [1.165, 1.54) is 0 Å². The maximum Gasteiger partial charge on any atom is 0.271 e. The number of H-pyrrole nitrogens is 1. The van der Waals surface area contributed by atoms with Crippen LogP contribution in [0.15, 0.2) is 48.8 Å². The Kier molecular flexibility index (Phi) is 6.91. The summed E-state index contributed by atoms with van der Waals surface area (Å²) in [4.78, 5) is 48.1. The minimum Gasteiger partial charge on any atom is -0.496 e. The number of amides is 2. The van der Waals surface area contributed by atoms with Crippen molar-refractivity contribution in [2.75, 3.05) is 13.7 Å². The molecule has 9 nitrogen and oxygen atoms in total. The van der Waals surface area contributed by atoms with Gasteiger partial charge in [0.2, 0.25) is 5.91 Å². The third kappa shape index (κ3) is 4.92. The van der Waals surface area contributed by atoms with Gasteiger partial charge in [0.15, 0.2) is 0 Å². The van der Waals surface area contributed by atoms with Gasteiger partial charge in [-0.2, -0.15) is 5.26 Å². The normalized spacial score (nSPS) is 22.1. The minimum absolute atomic E-state index is 0.0569. The van der Waals surface area contributed by atoms with Crippen molar-refractivity contribution in [2.24, 2.45) is 5.92 Å². The fourth-order valence-corrected chi connectivity index (χ4v) is 5.59. The molecule has 2 amide bonds. The number of likely N-dealkylation sites (tertiary alicyclic amines) is 1. The highest BCUT2D eigenvalue weighted by atomic mass is 16.5. The van der Waals surface area contributed by atoms with E-state index >= 15 is 0 Å². The minimum atomic E-state index is -0.784. The van der Waals surface area contributed by atoms with Gasteiger partial charge in [-0.15, -0.1) is 0 Å². The second-order valence-electron chi connectivity index (χ2n) is 9.77. The number of carbonyl (C=O) groups excluding carboxylic acids is 3. The fourth-order valence-electron chi connectivity index (χ4n) is 5.59. The van der Waals surface area contributed by atoms with Crippen LogP contribution in [-0.4, -0.2) is 58.2 Å². The standard InChI is InChI=1S/C28H29N5O4/c1-37-26-7-3-5-22-21(26)14-23(32-22)28(36)33-16-19(17-8-10-30-11-9-17)13-24(33)27(35)31-20(15-29)12-18-4-2-6-25(18)34/h3,5,7-11,14,18-20,24,32H,2,4,6,12-13,16H2,1H3,(H,31,35)/t18?,19-,20+,24+/m1/s1. The topological polar surface area (TPSA) is 128 Å². The molecule has 0 radical (unpaired) electrons. The SMILES string of the molecule is COc1cccc2[nH]c(C(=O)N3C[C@H](c4ccncc4)C[C@H]3C(=O)N[C@H](C#N)CC3CCCC3=O)cc12. The molecule has 2 aromatic heterocycles. The maximum absolute atomic E-state index is 13.7. The molecule has 2 fully saturated rings. The number of fused-ring (bicyclic) bond motifs is 1. The number of aromatic nitrogens is 2. The first-order valence-electron chi connectivity index (χ1n) is 12.6. The van der Waals surface area contributed by atoms with Crippen LogP contribution in [0, 0.1) is 17.2 Å². The molecule has 2 aliphatic rings. The summed E-state index contributed by atoms with van der Waals surface area (Å²) in [5, 5.41) is 13.3. The lowest BCUT2D eigenvalue weighted by Gasteiger charge is -2.25. The van der Waals surface area contributed by atoms with Crippen molar-refractivity contribution >= 4 is 28.5 Å². The Morgan fingerprint density at radius 1 is 1.30 bits per heavy atom. The van der Waals surface area contributed by atoms with E-state index < -0.39 is 12.1 Å². The van der Waals surface area contributed by atoms with Gasteiger partial charge in [0.05, 0.1) is 13.2 Å². The van der Waals surface area contributed by atoms with Crippen LogP contribution in [0.5, 0.6) is 5.75 Å². The number of ketones is 1. The third-order valence-corrected chi connectivity index (χ3v) is 7.54. The summed E-state index contributed by atoms with van der Waals surface area (Å²) in [6.45, 7) is 0.353. The molecular formula is C28H29N5O4. The molecule has 9 heteroatoms. The average molecular weight is 500 g/mol. The van der Waals surface area contributed by atoms with Crippen molar-refractivity contribution < 1.29 is 19.1 Å². The molecule has 3 heterocycles. The number of nitrogens with zero attached hydrogens (tertiary/aromatic N) is 3. The van der Waals surface area contributed by atoms with Crippen molar-refractivity contribution in [1.82, 2.24) is 20.2 Å². The van der Waals surface area contributed by atoms with Crippen molar-refractivity contribution in [3.8, 4) is 11.8 Å². The summed E-state index contributed by atoms with van der Waals surface area (Å²) >= 11 is 0. The molecule has 0 spiro atoms. The van der Waals surface area contributed by atoms with E-state index in [-0.39, 0.29) is 29.4 Å². The van der Waals surface area contributed by atoms with E-state index in [2.05, 4.69) is 21.4 Å². The van der Waals surface area contributed by atoms with Crippen LogP contribution in [0.4, 0.5) is 0 Å². The zero-order valence-electron chi connectivity index (χ0n) is 20.6. The molecular weight excluding hydrogens is 470 g/mol. The molecule has 4 atom stereocenters. The van der Waals surface area contributed by atoms with Gasteiger partial charge in [0, 0.05) is 48.1 Å². The van der Waals surface area contributed by atoms with Gasteiger partial charge in [-0.25, -0.2) is 0 Å². The molecule has 37 heavy (non-hydrogen) atoms. The highest BCUT2D eigenvalue weighted by molar-refractivity contribution is 6.02. The third-order valence-electron chi connectivity index (χ3n) is 7.54. The Balaban J connectivity index is 1.40. The monoisotopic (exact) mass is 499 g/mol. The first-order chi connectivity index (χ1) is 18.0. The molecule has 1 aliphatic heterocycles. The summed E-state index contributed by atoms with van der Waals surface area (Å²) in [7, 11) is 1.58. The van der Waals surface area contributed by atoms with E-state index in [0.717, 1.165) is 29.3 Å². The van der Waals surface area contributed by atoms with Crippen molar-refractivity contribution in [3.05, 3.63) is 60.0 Å². The predicted molar refractivity (Wildman–Crippen MR) is 136 cm³/mol. The molecule has 190 valence electrons. The summed E-state index contributed by atoms with van der Waals surface area (Å²) in [5.41, 5.74) is 2.12. The van der Waals surface area contributed by atoms with E-state index in [0.29, 0.717) is 37.3 Å². The van der Waals surface area contributed by atoms with Crippen LogP contribution in [0.1, 0.15) is 54.1 Å². The van der Waals surface area contributed by atoms with Crippen LogP contribution >= 0.6 is 0 Å². The van der Waals surface area contributed by atoms with Gasteiger partial charge in [-0.05, 0) is 61.6 Å². The van der Waals surface area contributed by atoms with Crippen LogP contribution in [0.3, 0.4) is 0 Å². The molecule has 1 saturated heterocycles. The molecule has 1 saturated carbocycles. The molecule has 1 aliphatic carbocycles. The number of rotatable bonds is 7. The molecule has 1 unspecified atom stereocenters. The largest absolute Gasteiger partial charge is 0.496 e. The second-order valence-corrected chi connectivity index (χ2v) is 9.77. The number of nitrogens with one attached hydrogen (secondary N) is 2. The van der Waals surface area contributed by atoms with Crippen molar-refractivity contribution in [3.63, 3.8) is 0 Å². The second kappa shape index (κ2) is 10.4.